The summed E-state index contributed by atoms with van der Waals surface area (Å²) in [5, 5.41) is 17.5. The molecule has 2 aromatic carbocycles. The number of allylic oxidation sites excluding steroid dienone is 2. The number of carbonyl (C=O) groups is 1. The molecule has 7 nitrogen and oxygen atoms in total. The van der Waals surface area contributed by atoms with Gasteiger partial charge in [0.1, 0.15) is 12.1 Å². The lowest BCUT2D eigenvalue weighted by atomic mass is 9.81. The molecule has 0 radical (unpaired) electrons. The standard InChI is InChI=1S/C27H26N2O5/c1-18-12-21(14-19-4-6-23(33-10-8-28)25(16-19)31-2)27(30)22(13-18)15-20-5-7-24(34-11-9-29)26(17-20)32-3/h4-7,14-18H,10-13H2,1-3H3/b21-14+,22-15+. The summed E-state index contributed by atoms with van der Waals surface area (Å²) in [6.07, 6.45) is 5.11. The highest BCUT2D eigenvalue weighted by Gasteiger charge is 2.25. The Kier molecular flexibility index (Phi) is 8.32. The summed E-state index contributed by atoms with van der Waals surface area (Å²) < 4.78 is 21.5. The van der Waals surface area contributed by atoms with Crippen molar-refractivity contribution in [2.24, 2.45) is 5.92 Å². The second-order valence-electron chi connectivity index (χ2n) is 7.90. The van der Waals surface area contributed by atoms with Crippen LogP contribution >= 0.6 is 0 Å². The van der Waals surface area contributed by atoms with Gasteiger partial charge in [0.2, 0.25) is 0 Å². The van der Waals surface area contributed by atoms with Gasteiger partial charge in [0.25, 0.3) is 0 Å². The van der Waals surface area contributed by atoms with Gasteiger partial charge >= 0.3 is 0 Å². The molecule has 34 heavy (non-hydrogen) atoms. The van der Waals surface area contributed by atoms with E-state index in [-0.39, 0.29) is 19.0 Å². The topological polar surface area (TPSA) is 102 Å². The Bertz CT molecular complexity index is 1110. The number of nitrogens with zero attached hydrogens (tertiary/aromatic N) is 2. The molecule has 1 aliphatic rings. The van der Waals surface area contributed by atoms with Crippen molar-refractivity contribution in [3.63, 3.8) is 0 Å². The van der Waals surface area contributed by atoms with Gasteiger partial charge in [-0.3, -0.25) is 4.79 Å². The fourth-order valence-corrected chi connectivity index (χ4v) is 3.87. The summed E-state index contributed by atoms with van der Waals surface area (Å²) >= 11 is 0. The average molecular weight is 459 g/mol. The van der Waals surface area contributed by atoms with Crippen molar-refractivity contribution in [2.45, 2.75) is 19.8 Å². The van der Waals surface area contributed by atoms with E-state index in [9.17, 15) is 4.79 Å². The van der Waals surface area contributed by atoms with Gasteiger partial charge in [-0.15, -0.1) is 0 Å². The van der Waals surface area contributed by atoms with Crippen LogP contribution in [0, 0.1) is 28.6 Å². The summed E-state index contributed by atoms with van der Waals surface area (Å²) in [6.45, 7) is 1.97. The van der Waals surface area contributed by atoms with Crippen molar-refractivity contribution >= 4 is 17.9 Å². The van der Waals surface area contributed by atoms with E-state index < -0.39 is 0 Å². The first-order chi connectivity index (χ1) is 16.5. The maximum atomic E-state index is 13.3. The number of ketones is 1. The Morgan fingerprint density at radius 2 is 1.26 bits per heavy atom. The molecule has 0 spiro atoms. The molecular formula is C27H26N2O5. The van der Waals surface area contributed by atoms with E-state index >= 15 is 0 Å². The average Bonchev–Trinajstić information content (AvgIpc) is 2.84. The normalized spacial score (nSPS) is 17.7. The Balaban J connectivity index is 1.89. The molecule has 3 rings (SSSR count). The number of hydrogen-bond donors (Lipinski definition) is 0. The number of nitriles is 2. The Hall–Kier alpha value is -4.23. The van der Waals surface area contributed by atoms with Gasteiger partial charge < -0.3 is 18.9 Å². The molecule has 0 atom stereocenters. The van der Waals surface area contributed by atoms with Gasteiger partial charge in [0.05, 0.1) is 14.2 Å². The first-order valence-electron chi connectivity index (χ1n) is 10.8. The van der Waals surface area contributed by atoms with E-state index in [1.165, 1.54) is 14.2 Å². The van der Waals surface area contributed by atoms with Crippen LogP contribution in [0.5, 0.6) is 23.0 Å². The monoisotopic (exact) mass is 458 g/mol. The first-order valence-corrected chi connectivity index (χ1v) is 10.8. The van der Waals surface area contributed by atoms with Crippen molar-refractivity contribution in [3.8, 4) is 35.1 Å². The van der Waals surface area contributed by atoms with Gasteiger partial charge in [0, 0.05) is 11.1 Å². The molecule has 2 aromatic rings. The summed E-state index contributed by atoms with van der Waals surface area (Å²) in [7, 11) is 3.07. The lowest BCUT2D eigenvalue weighted by Crippen LogP contribution is -2.18. The van der Waals surface area contributed by atoms with Crippen molar-refractivity contribution in [1.29, 1.82) is 10.5 Å². The number of ether oxygens (including phenoxy) is 4. The smallest absolute Gasteiger partial charge is 0.185 e. The van der Waals surface area contributed by atoms with Crippen LogP contribution in [0.25, 0.3) is 12.2 Å². The maximum absolute atomic E-state index is 13.3. The SMILES string of the molecule is COc1cc(/C=C2\CC(C)C/C(=C\c3ccc(OCC#N)c(OC)c3)C2=O)ccc1OCC#N. The number of rotatable bonds is 8. The minimum absolute atomic E-state index is 0.00523. The summed E-state index contributed by atoms with van der Waals surface area (Å²) in [5.41, 5.74) is 3.08. The largest absolute Gasteiger partial charge is 0.493 e. The zero-order valence-electron chi connectivity index (χ0n) is 19.5. The lowest BCUT2D eigenvalue weighted by Gasteiger charge is -2.23. The molecule has 174 valence electrons. The van der Waals surface area contributed by atoms with Crippen LogP contribution in [0.2, 0.25) is 0 Å². The molecule has 0 aliphatic heterocycles. The van der Waals surface area contributed by atoms with Gasteiger partial charge in [-0.05, 0) is 66.3 Å². The van der Waals surface area contributed by atoms with Crippen molar-refractivity contribution in [1.82, 2.24) is 0 Å². The Morgan fingerprint density at radius 3 is 1.65 bits per heavy atom. The molecule has 7 heteroatoms. The number of benzene rings is 2. The zero-order chi connectivity index (χ0) is 24.5. The van der Waals surface area contributed by atoms with Crippen LogP contribution in [0.4, 0.5) is 0 Å². The number of methoxy groups -OCH3 is 2. The van der Waals surface area contributed by atoms with Crippen molar-refractivity contribution < 1.29 is 23.7 Å². The minimum atomic E-state index is -0.0723. The maximum Gasteiger partial charge on any atom is 0.185 e. The molecule has 1 fully saturated rings. The van der Waals surface area contributed by atoms with Crippen LogP contribution in [-0.2, 0) is 4.79 Å². The highest BCUT2D eigenvalue weighted by molar-refractivity contribution is 6.14. The number of hydrogen-bond acceptors (Lipinski definition) is 7. The molecule has 0 bridgehead atoms. The van der Waals surface area contributed by atoms with E-state index in [0.29, 0.717) is 41.8 Å². The summed E-state index contributed by atoms with van der Waals surface area (Å²) in [4.78, 5) is 13.3. The third-order valence-corrected chi connectivity index (χ3v) is 5.36. The van der Waals surface area contributed by atoms with Gasteiger partial charge in [-0.25, -0.2) is 0 Å². The van der Waals surface area contributed by atoms with E-state index in [4.69, 9.17) is 29.5 Å². The molecule has 1 saturated carbocycles. The third-order valence-electron chi connectivity index (χ3n) is 5.36. The van der Waals surface area contributed by atoms with Gasteiger partial charge in [-0.2, -0.15) is 10.5 Å². The van der Waals surface area contributed by atoms with E-state index in [1.807, 2.05) is 36.4 Å². The first kappa shape index (κ1) is 24.4. The van der Waals surface area contributed by atoms with Crippen molar-refractivity contribution in [3.05, 3.63) is 58.7 Å². The second kappa shape index (κ2) is 11.6. The highest BCUT2D eigenvalue weighted by Crippen LogP contribution is 2.35. The molecule has 0 amide bonds. The summed E-state index contributed by atoms with van der Waals surface area (Å²) in [6, 6.07) is 14.6. The van der Waals surface area contributed by atoms with Gasteiger partial charge in [0.15, 0.2) is 42.0 Å². The van der Waals surface area contributed by atoms with E-state index in [0.717, 1.165) is 22.3 Å². The quantitative estimate of drug-likeness (QED) is 0.514. The van der Waals surface area contributed by atoms with Crippen LogP contribution in [0.1, 0.15) is 30.9 Å². The number of Topliss-reactive ketones (excluding diaryl/α,β-unsaturated/α-hetero) is 1. The highest BCUT2D eigenvalue weighted by atomic mass is 16.5. The summed E-state index contributed by atoms with van der Waals surface area (Å²) in [5.74, 6) is 2.27. The molecule has 0 saturated heterocycles. The van der Waals surface area contributed by atoms with Crippen molar-refractivity contribution in [2.75, 3.05) is 27.4 Å². The Morgan fingerprint density at radius 1 is 0.824 bits per heavy atom. The molecule has 0 unspecified atom stereocenters. The number of carbonyl (C=O) groups excluding carboxylic acids is 1. The van der Waals surface area contributed by atoms with Crippen LogP contribution in [-0.4, -0.2) is 33.2 Å². The third kappa shape index (κ3) is 5.96. The fourth-order valence-electron chi connectivity index (χ4n) is 3.87. The molecule has 0 aromatic heterocycles. The molecular weight excluding hydrogens is 432 g/mol. The van der Waals surface area contributed by atoms with Gasteiger partial charge in [-0.1, -0.05) is 19.1 Å². The van der Waals surface area contributed by atoms with E-state index in [1.54, 1.807) is 24.3 Å². The lowest BCUT2D eigenvalue weighted by molar-refractivity contribution is -0.113. The molecule has 1 aliphatic carbocycles. The van der Waals surface area contributed by atoms with Crippen LogP contribution in [0.3, 0.4) is 0 Å². The van der Waals surface area contributed by atoms with E-state index in [2.05, 4.69) is 6.92 Å². The zero-order valence-corrected chi connectivity index (χ0v) is 19.5. The molecule has 0 N–H and O–H groups in total. The Labute approximate surface area is 199 Å². The van der Waals surface area contributed by atoms with Crippen LogP contribution < -0.4 is 18.9 Å². The fraction of sp³-hybridized carbons (Fsp3) is 0.296. The molecule has 0 heterocycles. The second-order valence-corrected chi connectivity index (χ2v) is 7.90. The van der Waals surface area contributed by atoms with Crippen LogP contribution in [0.15, 0.2) is 47.5 Å². The minimum Gasteiger partial charge on any atom is -0.493 e. The predicted octanol–water partition coefficient (Wildman–Crippen LogP) is 4.97. The predicted molar refractivity (Wildman–Crippen MR) is 128 cm³/mol.